The Morgan fingerprint density at radius 2 is 1.72 bits per heavy atom. The van der Waals surface area contributed by atoms with Gasteiger partial charge in [0.2, 0.25) is 0 Å². The molecule has 0 radical (unpaired) electrons. The van der Waals surface area contributed by atoms with E-state index in [2.05, 4.69) is 32.3 Å². The molecule has 1 N–H and O–H groups in total. The van der Waals surface area contributed by atoms with E-state index < -0.39 is 5.41 Å². The van der Waals surface area contributed by atoms with Gasteiger partial charge in [0.05, 0.1) is 34.4 Å². The summed E-state index contributed by atoms with van der Waals surface area (Å²) in [5, 5.41) is 28.2. The van der Waals surface area contributed by atoms with Crippen LogP contribution in [0.25, 0.3) is 44.3 Å². The van der Waals surface area contributed by atoms with Crippen molar-refractivity contribution in [2.45, 2.75) is 19.3 Å². The highest BCUT2D eigenvalue weighted by molar-refractivity contribution is 6.11. The Hall–Kier alpha value is -4.55. The first kappa shape index (κ1) is 19.4. The number of H-pyrrole nitrogens is 1. The van der Waals surface area contributed by atoms with Gasteiger partial charge in [-0.3, -0.25) is 10.1 Å². The molecule has 6 nitrogen and oxygen atoms in total. The molecular weight excluding hydrogens is 396 g/mol. The van der Waals surface area contributed by atoms with E-state index in [1.165, 1.54) is 0 Å². The molecule has 0 bridgehead atoms. The highest BCUT2D eigenvalue weighted by atomic mass is 15.1. The standard InChI is InChI=1S/C26H18N6/c1-26(2,15-28)18-9-6-16(7-10-18)25-24-20-12-17(21-5-3-4-19(13-27)30-21)8-11-22(20)29-14-23(24)31-32-25/h3-12,14H,1-2H3,(H,31,32). The van der Waals surface area contributed by atoms with Gasteiger partial charge in [0.25, 0.3) is 0 Å². The number of nitrogens with zero attached hydrogens (tertiary/aromatic N) is 5. The first-order chi connectivity index (χ1) is 15.5. The number of rotatable bonds is 3. The molecule has 0 aliphatic carbocycles. The van der Waals surface area contributed by atoms with Crippen molar-refractivity contribution in [2.24, 2.45) is 0 Å². The zero-order valence-electron chi connectivity index (χ0n) is 17.6. The van der Waals surface area contributed by atoms with Crippen molar-refractivity contribution >= 4 is 21.8 Å². The second kappa shape index (κ2) is 7.30. The number of pyridine rings is 2. The third kappa shape index (κ3) is 3.15. The van der Waals surface area contributed by atoms with Crippen LogP contribution in [0.4, 0.5) is 0 Å². The largest absolute Gasteiger partial charge is 0.276 e. The summed E-state index contributed by atoms with van der Waals surface area (Å²) in [4.78, 5) is 8.99. The van der Waals surface area contributed by atoms with Gasteiger partial charge in [-0.25, -0.2) is 4.98 Å². The van der Waals surface area contributed by atoms with E-state index in [9.17, 15) is 10.5 Å². The summed E-state index contributed by atoms with van der Waals surface area (Å²) >= 11 is 0. The molecule has 3 aromatic heterocycles. The minimum Gasteiger partial charge on any atom is -0.276 e. The zero-order valence-corrected chi connectivity index (χ0v) is 17.6. The summed E-state index contributed by atoms with van der Waals surface area (Å²) in [5.74, 6) is 0. The number of nitriles is 2. The van der Waals surface area contributed by atoms with E-state index >= 15 is 0 Å². The van der Waals surface area contributed by atoms with Crippen molar-refractivity contribution in [3.8, 4) is 34.7 Å². The van der Waals surface area contributed by atoms with Crippen LogP contribution in [0.5, 0.6) is 0 Å². The molecule has 0 spiro atoms. The van der Waals surface area contributed by atoms with Crippen LogP contribution in [-0.4, -0.2) is 20.2 Å². The predicted molar refractivity (Wildman–Crippen MR) is 123 cm³/mol. The van der Waals surface area contributed by atoms with Crippen LogP contribution in [0, 0.1) is 22.7 Å². The van der Waals surface area contributed by atoms with Gasteiger partial charge in [0.1, 0.15) is 17.5 Å². The van der Waals surface area contributed by atoms with E-state index in [-0.39, 0.29) is 0 Å². The maximum atomic E-state index is 9.42. The molecule has 0 saturated carbocycles. The van der Waals surface area contributed by atoms with Gasteiger partial charge in [-0.15, -0.1) is 0 Å². The smallest absolute Gasteiger partial charge is 0.141 e. The van der Waals surface area contributed by atoms with E-state index in [0.717, 1.165) is 49.9 Å². The molecule has 0 atom stereocenters. The summed E-state index contributed by atoms with van der Waals surface area (Å²) < 4.78 is 0. The molecule has 0 amide bonds. The number of benzene rings is 2. The van der Waals surface area contributed by atoms with Gasteiger partial charge in [0.15, 0.2) is 0 Å². The fourth-order valence-electron chi connectivity index (χ4n) is 3.84. The average molecular weight is 414 g/mol. The normalized spacial score (nSPS) is 11.4. The molecule has 0 aliphatic heterocycles. The number of aromatic nitrogens is 4. The summed E-state index contributed by atoms with van der Waals surface area (Å²) in [5.41, 5.74) is 5.89. The Kier molecular flexibility index (Phi) is 4.43. The topological polar surface area (TPSA) is 102 Å². The van der Waals surface area contributed by atoms with E-state index in [4.69, 9.17) is 0 Å². The Labute approximate surface area is 184 Å². The van der Waals surface area contributed by atoms with Crippen molar-refractivity contribution in [1.82, 2.24) is 20.2 Å². The van der Waals surface area contributed by atoms with Crippen LogP contribution >= 0.6 is 0 Å². The van der Waals surface area contributed by atoms with Crippen molar-refractivity contribution in [3.05, 3.63) is 78.1 Å². The summed E-state index contributed by atoms with van der Waals surface area (Å²) in [7, 11) is 0. The third-order valence-electron chi connectivity index (χ3n) is 5.71. The molecule has 152 valence electrons. The molecule has 2 aromatic carbocycles. The third-order valence-corrected chi connectivity index (χ3v) is 5.71. The number of hydrogen-bond donors (Lipinski definition) is 1. The average Bonchev–Trinajstić information content (AvgIpc) is 3.28. The van der Waals surface area contributed by atoms with Gasteiger partial charge in [-0.05, 0) is 43.7 Å². The lowest BCUT2D eigenvalue weighted by Gasteiger charge is -2.15. The lowest BCUT2D eigenvalue weighted by atomic mass is 9.86. The predicted octanol–water partition coefficient (Wildman–Crippen LogP) is 5.51. The van der Waals surface area contributed by atoms with E-state index in [1.807, 2.05) is 68.4 Å². The van der Waals surface area contributed by atoms with Gasteiger partial charge >= 0.3 is 0 Å². The van der Waals surface area contributed by atoms with Crippen LogP contribution < -0.4 is 0 Å². The number of fused-ring (bicyclic) bond motifs is 3. The molecule has 0 fully saturated rings. The van der Waals surface area contributed by atoms with Crippen LogP contribution in [0.3, 0.4) is 0 Å². The Morgan fingerprint density at radius 1 is 0.938 bits per heavy atom. The quantitative estimate of drug-likeness (QED) is 0.419. The van der Waals surface area contributed by atoms with Crippen molar-refractivity contribution in [2.75, 3.05) is 0 Å². The number of nitrogens with one attached hydrogen (secondary N) is 1. The second-order valence-electron chi connectivity index (χ2n) is 8.19. The maximum absolute atomic E-state index is 9.42. The number of hydrogen-bond acceptors (Lipinski definition) is 5. The van der Waals surface area contributed by atoms with Crippen molar-refractivity contribution in [3.63, 3.8) is 0 Å². The molecular formula is C26H18N6. The molecule has 0 saturated heterocycles. The Bertz CT molecular complexity index is 1560. The molecule has 0 unspecified atom stereocenters. The summed E-state index contributed by atoms with van der Waals surface area (Å²) in [6.45, 7) is 3.81. The van der Waals surface area contributed by atoms with Crippen molar-refractivity contribution < 1.29 is 0 Å². The number of aromatic amines is 1. The lowest BCUT2D eigenvalue weighted by Crippen LogP contribution is -2.13. The van der Waals surface area contributed by atoms with E-state index in [0.29, 0.717) is 5.69 Å². The Balaban J connectivity index is 1.69. The zero-order chi connectivity index (χ0) is 22.3. The molecule has 0 aliphatic rings. The van der Waals surface area contributed by atoms with Gasteiger partial charge < -0.3 is 0 Å². The minimum absolute atomic E-state index is 0.378. The molecule has 32 heavy (non-hydrogen) atoms. The highest BCUT2D eigenvalue weighted by Crippen LogP contribution is 2.34. The van der Waals surface area contributed by atoms with Crippen LogP contribution in [-0.2, 0) is 5.41 Å². The Morgan fingerprint density at radius 3 is 2.47 bits per heavy atom. The maximum Gasteiger partial charge on any atom is 0.141 e. The van der Waals surface area contributed by atoms with Crippen molar-refractivity contribution in [1.29, 1.82) is 10.5 Å². The van der Waals surface area contributed by atoms with Gasteiger partial charge in [-0.2, -0.15) is 15.6 Å². The highest BCUT2D eigenvalue weighted by Gasteiger charge is 2.20. The SMILES string of the molecule is CC(C)(C#N)c1ccc(-c2n[nH]c3cnc4ccc(-c5cccc(C#N)n5)cc4c23)cc1. The summed E-state index contributed by atoms with van der Waals surface area (Å²) in [6.07, 6.45) is 1.79. The van der Waals surface area contributed by atoms with Gasteiger partial charge in [-0.1, -0.05) is 36.4 Å². The van der Waals surface area contributed by atoms with Crippen LogP contribution in [0.15, 0.2) is 66.9 Å². The fourth-order valence-corrected chi connectivity index (χ4v) is 3.84. The monoisotopic (exact) mass is 414 g/mol. The summed E-state index contributed by atoms with van der Waals surface area (Å²) in [6, 6.07) is 23.8. The molecule has 5 rings (SSSR count). The fraction of sp³-hybridized carbons (Fsp3) is 0.115. The molecule has 5 aromatic rings. The first-order valence-corrected chi connectivity index (χ1v) is 10.2. The van der Waals surface area contributed by atoms with Crippen LogP contribution in [0.2, 0.25) is 0 Å². The van der Waals surface area contributed by atoms with E-state index in [1.54, 1.807) is 12.3 Å². The molecule has 6 heteroatoms. The second-order valence-corrected chi connectivity index (χ2v) is 8.19. The first-order valence-electron chi connectivity index (χ1n) is 10.2. The van der Waals surface area contributed by atoms with Gasteiger partial charge in [0, 0.05) is 21.9 Å². The minimum atomic E-state index is -0.553. The lowest BCUT2D eigenvalue weighted by molar-refractivity contribution is 0.687. The molecule has 3 heterocycles. The van der Waals surface area contributed by atoms with Crippen LogP contribution in [0.1, 0.15) is 25.1 Å².